The summed E-state index contributed by atoms with van der Waals surface area (Å²) < 4.78 is 29.0. The quantitative estimate of drug-likeness (QED) is 0.839. The molecule has 18 heavy (non-hydrogen) atoms. The summed E-state index contributed by atoms with van der Waals surface area (Å²) in [6.07, 6.45) is 0.930. The summed E-state index contributed by atoms with van der Waals surface area (Å²) in [6, 6.07) is 2.52. The first kappa shape index (κ1) is 11.6. The molecular formula is C13H14F2N2O. The van der Waals surface area contributed by atoms with E-state index in [0.717, 1.165) is 6.07 Å². The second kappa shape index (κ2) is 3.76. The molecule has 0 fully saturated rings. The number of rotatable bonds is 1. The molecule has 0 saturated carbocycles. The van der Waals surface area contributed by atoms with Crippen molar-refractivity contribution in [1.29, 1.82) is 0 Å². The smallest absolute Gasteiger partial charge is 0.168 e. The number of likely N-dealkylation sites (N-methyl/N-ethyl adjacent to an activating group) is 1. The molecule has 1 unspecified atom stereocenters. The SMILES string of the molecule is CN(C)[C@H]1Cn2ccc3c(F)c(F)cc(c32)C1O. The Morgan fingerprint density at radius 1 is 1.39 bits per heavy atom. The fourth-order valence-electron chi connectivity index (χ4n) is 2.70. The Labute approximate surface area is 103 Å². The average Bonchev–Trinajstić information content (AvgIpc) is 2.73. The van der Waals surface area contributed by atoms with Gasteiger partial charge in [-0.25, -0.2) is 8.78 Å². The summed E-state index contributed by atoms with van der Waals surface area (Å²) in [7, 11) is 3.72. The lowest BCUT2D eigenvalue weighted by Crippen LogP contribution is -2.40. The third-order valence-corrected chi connectivity index (χ3v) is 3.70. The molecular weight excluding hydrogens is 238 g/mol. The van der Waals surface area contributed by atoms with Crippen LogP contribution in [0.5, 0.6) is 0 Å². The molecule has 1 aliphatic heterocycles. The molecule has 2 heterocycles. The number of hydrogen-bond acceptors (Lipinski definition) is 2. The lowest BCUT2D eigenvalue weighted by Gasteiger charge is -2.34. The molecule has 3 rings (SSSR count). The van der Waals surface area contributed by atoms with Crippen molar-refractivity contribution >= 4 is 10.9 Å². The maximum Gasteiger partial charge on any atom is 0.168 e. The van der Waals surface area contributed by atoms with E-state index in [4.69, 9.17) is 0 Å². The van der Waals surface area contributed by atoms with Crippen LogP contribution in [0.25, 0.3) is 10.9 Å². The molecule has 0 bridgehead atoms. The number of benzene rings is 1. The van der Waals surface area contributed by atoms with Crippen LogP contribution < -0.4 is 0 Å². The van der Waals surface area contributed by atoms with Gasteiger partial charge < -0.3 is 14.6 Å². The molecule has 0 saturated heterocycles. The highest BCUT2D eigenvalue weighted by Gasteiger charge is 2.32. The van der Waals surface area contributed by atoms with Crippen molar-refractivity contribution in [3.8, 4) is 0 Å². The van der Waals surface area contributed by atoms with Crippen molar-refractivity contribution in [2.45, 2.75) is 18.7 Å². The van der Waals surface area contributed by atoms with Gasteiger partial charge in [-0.3, -0.25) is 0 Å². The van der Waals surface area contributed by atoms with E-state index in [9.17, 15) is 13.9 Å². The third kappa shape index (κ3) is 1.41. The molecule has 3 nitrogen and oxygen atoms in total. The second-order valence-electron chi connectivity index (χ2n) is 4.97. The van der Waals surface area contributed by atoms with E-state index in [-0.39, 0.29) is 11.4 Å². The van der Waals surface area contributed by atoms with E-state index in [0.29, 0.717) is 17.6 Å². The average molecular weight is 252 g/mol. The Morgan fingerprint density at radius 3 is 2.78 bits per heavy atom. The first-order valence-electron chi connectivity index (χ1n) is 5.82. The van der Waals surface area contributed by atoms with Crippen LogP contribution in [0.1, 0.15) is 11.7 Å². The van der Waals surface area contributed by atoms with Crippen LogP contribution in [0.2, 0.25) is 0 Å². The van der Waals surface area contributed by atoms with Crippen LogP contribution in [0.15, 0.2) is 18.3 Å². The Hall–Kier alpha value is -1.46. The fourth-order valence-corrected chi connectivity index (χ4v) is 2.70. The Morgan fingerprint density at radius 2 is 2.11 bits per heavy atom. The number of aromatic nitrogens is 1. The Kier molecular flexibility index (Phi) is 2.43. The van der Waals surface area contributed by atoms with E-state index in [2.05, 4.69) is 0 Å². The van der Waals surface area contributed by atoms with Crippen molar-refractivity contribution in [3.63, 3.8) is 0 Å². The van der Waals surface area contributed by atoms with Crippen LogP contribution in [-0.4, -0.2) is 34.7 Å². The van der Waals surface area contributed by atoms with Gasteiger partial charge in [-0.2, -0.15) is 0 Å². The van der Waals surface area contributed by atoms with Gasteiger partial charge in [0.15, 0.2) is 11.6 Å². The molecule has 1 aromatic carbocycles. The van der Waals surface area contributed by atoms with Gasteiger partial charge in [0.25, 0.3) is 0 Å². The number of halogens is 2. The molecule has 1 N–H and O–H groups in total. The molecule has 0 radical (unpaired) electrons. The first-order valence-corrected chi connectivity index (χ1v) is 5.82. The standard InChI is InChI=1S/C13H14F2N2O/c1-16(2)10-6-17-4-3-7-11(15)9(14)5-8(12(7)17)13(10)18/h3-5,10,13,18H,6H2,1-2H3/t10-,13?/m0/s1. The summed E-state index contributed by atoms with van der Waals surface area (Å²) >= 11 is 0. The molecule has 0 aliphatic carbocycles. The van der Waals surface area contributed by atoms with Crippen LogP contribution in [0.4, 0.5) is 8.78 Å². The van der Waals surface area contributed by atoms with Crippen LogP contribution in [0, 0.1) is 11.6 Å². The molecule has 1 aliphatic rings. The lowest BCUT2D eigenvalue weighted by molar-refractivity contribution is 0.0610. The lowest BCUT2D eigenvalue weighted by atomic mass is 9.95. The highest BCUT2D eigenvalue weighted by atomic mass is 19.2. The molecule has 0 amide bonds. The van der Waals surface area contributed by atoms with Gasteiger partial charge in [-0.1, -0.05) is 0 Å². The Bertz CT molecular complexity index is 621. The Balaban J connectivity index is 2.29. The molecule has 96 valence electrons. The van der Waals surface area contributed by atoms with Crippen molar-refractivity contribution < 1.29 is 13.9 Å². The maximum absolute atomic E-state index is 13.7. The maximum atomic E-state index is 13.7. The predicted molar refractivity (Wildman–Crippen MR) is 64.3 cm³/mol. The van der Waals surface area contributed by atoms with Gasteiger partial charge in [0, 0.05) is 23.7 Å². The van der Waals surface area contributed by atoms with Crippen LogP contribution in [0.3, 0.4) is 0 Å². The van der Waals surface area contributed by atoms with E-state index in [1.165, 1.54) is 0 Å². The number of aliphatic hydroxyl groups is 1. The molecule has 1 aromatic heterocycles. The topological polar surface area (TPSA) is 28.4 Å². The normalized spacial score (nSPS) is 23.0. The van der Waals surface area contributed by atoms with Gasteiger partial charge in [-0.15, -0.1) is 0 Å². The van der Waals surface area contributed by atoms with Gasteiger partial charge in [0.2, 0.25) is 0 Å². The minimum absolute atomic E-state index is 0.141. The predicted octanol–water partition coefficient (Wildman–Crippen LogP) is 1.90. The minimum Gasteiger partial charge on any atom is -0.387 e. The second-order valence-corrected chi connectivity index (χ2v) is 4.97. The zero-order valence-corrected chi connectivity index (χ0v) is 10.2. The summed E-state index contributed by atoms with van der Waals surface area (Å²) in [6.45, 7) is 0.565. The van der Waals surface area contributed by atoms with E-state index in [1.54, 1.807) is 12.3 Å². The van der Waals surface area contributed by atoms with Gasteiger partial charge in [0.1, 0.15) is 0 Å². The zero-order valence-electron chi connectivity index (χ0n) is 10.2. The van der Waals surface area contributed by atoms with Gasteiger partial charge in [0.05, 0.1) is 17.7 Å². The van der Waals surface area contributed by atoms with E-state index < -0.39 is 17.7 Å². The molecule has 2 aromatic rings. The molecule has 2 atom stereocenters. The van der Waals surface area contributed by atoms with Crippen molar-refractivity contribution in [1.82, 2.24) is 9.47 Å². The minimum atomic E-state index is -0.909. The molecule has 5 heteroatoms. The highest BCUT2D eigenvalue weighted by Crippen LogP contribution is 2.36. The van der Waals surface area contributed by atoms with Crippen molar-refractivity contribution in [3.05, 3.63) is 35.5 Å². The summed E-state index contributed by atoms with van der Waals surface area (Å²) in [5.74, 6) is -1.75. The molecule has 0 spiro atoms. The van der Waals surface area contributed by atoms with Crippen LogP contribution >= 0.6 is 0 Å². The van der Waals surface area contributed by atoms with E-state index >= 15 is 0 Å². The zero-order chi connectivity index (χ0) is 13.0. The van der Waals surface area contributed by atoms with Crippen molar-refractivity contribution in [2.24, 2.45) is 0 Å². The van der Waals surface area contributed by atoms with E-state index in [1.807, 2.05) is 23.6 Å². The van der Waals surface area contributed by atoms with Crippen LogP contribution in [-0.2, 0) is 6.54 Å². The number of hydrogen-bond donors (Lipinski definition) is 1. The summed E-state index contributed by atoms with van der Waals surface area (Å²) in [5, 5.41) is 10.5. The third-order valence-electron chi connectivity index (χ3n) is 3.70. The number of nitrogens with zero attached hydrogens (tertiary/aromatic N) is 2. The van der Waals surface area contributed by atoms with Gasteiger partial charge >= 0.3 is 0 Å². The largest absolute Gasteiger partial charge is 0.387 e. The monoisotopic (exact) mass is 252 g/mol. The highest BCUT2D eigenvalue weighted by molar-refractivity contribution is 5.85. The van der Waals surface area contributed by atoms with Gasteiger partial charge in [-0.05, 0) is 26.2 Å². The summed E-state index contributed by atoms with van der Waals surface area (Å²) in [4.78, 5) is 1.89. The summed E-state index contributed by atoms with van der Waals surface area (Å²) in [5.41, 5.74) is 1.05. The fraction of sp³-hybridized carbons (Fsp3) is 0.385. The first-order chi connectivity index (χ1) is 8.50. The number of aliphatic hydroxyl groups excluding tert-OH is 1. The van der Waals surface area contributed by atoms with Crippen molar-refractivity contribution in [2.75, 3.05) is 14.1 Å².